The molecule has 4 heterocycles. The van der Waals surface area contributed by atoms with Crippen LogP contribution in [0.15, 0.2) is 18.7 Å². The zero-order chi connectivity index (χ0) is 16.5. The molecule has 0 atom stereocenters. The third kappa shape index (κ3) is 2.84. The molecular weight excluding hydrogens is 304 g/mol. The maximum atomic E-state index is 6.01. The van der Waals surface area contributed by atoms with E-state index in [0.29, 0.717) is 17.4 Å². The number of rotatable bonds is 4. The first-order chi connectivity index (χ1) is 11.7. The van der Waals surface area contributed by atoms with Crippen LogP contribution in [0.5, 0.6) is 0 Å². The SMILES string of the molecule is CCn1cc(CN2CCC(c3nc(N)c4[nH]cnc4n3)CC2)cn1. The zero-order valence-corrected chi connectivity index (χ0v) is 13.8. The van der Waals surface area contributed by atoms with Gasteiger partial charge in [0.15, 0.2) is 11.5 Å². The molecule has 1 aliphatic heterocycles. The quantitative estimate of drug-likeness (QED) is 0.754. The second-order valence-electron chi connectivity index (χ2n) is 6.32. The van der Waals surface area contributed by atoms with Crippen LogP contribution < -0.4 is 5.73 Å². The Morgan fingerprint density at radius 3 is 2.88 bits per heavy atom. The van der Waals surface area contributed by atoms with E-state index in [1.165, 1.54) is 5.56 Å². The van der Waals surface area contributed by atoms with Crippen molar-refractivity contribution in [3.63, 3.8) is 0 Å². The number of nitrogens with two attached hydrogens (primary N) is 1. The van der Waals surface area contributed by atoms with Gasteiger partial charge in [0, 0.05) is 30.8 Å². The molecule has 8 nitrogen and oxygen atoms in total. The van der Waals surface area contributed by atoms with E-state index < -0.39 is 0 Å². The molecule has 3 N–H and O–H groups in total. The number of nitrogens with zero attached hydrogens (tertiary/aromatic N) is 6. The molecule has 3 aromatic rings. The summed E-state index contributed by atoms with van der Waals surface area (Å²) in [5.41, 5.74) is 8.67. The first kappa shape index (κ1) is 15.1. The summed E-state index contributed by atoms with van der Waals surface area (Å²) in [5, 5.41) is 4.34. The zero-order valence-electron chi connectivity index (χ0n) is 13.8. The fourth-order valence-electron chi connectivity index (χ4n) is 3.32. The van der Waals surface area contributed by atoms with Gasteiger partial charge in [0.05, 0.1) is 12.5 Å². The minimum absolute atomic E-state index is 0.350. The van der Waals surface area contributed by atoms with Crippen molar-refractivity contribution in [3.8, 4) is 0 Å². The summed E-state index contributed by atoms with van der Waals surface area (Å²) in [6.45, 7) is 6.03. The second-order valence-corrected chi connectivity index (χ2v) is 6.32. The van der Waals surface area contributed by atoms with Crippen molar-refractivity contribution in [1.82, 2.24) is 34.6 Å². The average Bonchev–Trinajstić information content (AvgIpc) is 3.24. The number of H-pyrrole nitrogens is 1. The van der Waals surface area contributed by atoms with Crippen molar-refractivity contribution >= 4 is 17.0 Å². The van der Waals surface area contributed by atoms with Gasteiger partial charge in [-0.3, -0.25) is 9.58 Å². The molecule has 1 fully saturated rings. The van der Waals surface area contributed by atoms with Crippen molar-refractivity contribution < 1.29 is 0 Å². The van der Waals surface area contributed by atoms with Gasteiger partial charge in [0.2, 0.25) is 0 Å². The van der Waals surface area contributed by atoms with Gasteiger partial charge < -0.3 is 10.7 Å². The third-order valence-corrected chi connectivity index (χ3v) is 4.70. The van der Waals surface area contributed by atoms with Crippen LogP contribution in [0.1, 0.15) is 37.1 Å². The van der Waals surface area contributed by atoms with E-state index in [2.05, 4.69) is 43.1 Å². The molecule has 1 aliphatic rings. The summed E-state index contributed by atoms with van der Waals surface area (Å²) >= 11 is 0. The second kappa shape index (κ2) is 6.20. The Labute approximate surface area is 140 Å². The maximum Gasteiger partial charge on any atom is 0.183 e. The Morgan fingerprint density at radius 1 is 1.29 bits per heavy atom. The Morgan fingerprint density at radius 2 is 2.12 bits per heavy atom. The van der Waals surface area contributed by atoms with Gasteiger partial charge in [0.25, 0.3) is 0 Å². The number of nitrogen functional groups attached to an aromatic ring is 1. The van der Waals surface area contributed by atoms with E-state index >= 15 is 0 Å². The van der Waals surface area contributed by atoms with E-state index in [-0.39, 0.29) is 0 Å². The van der Waals surface area contributed by atoms with Gasteiger partial charge in [0.1, 0.15) is 11.3 Å². The molecule has 0 aromatic carbocycles. The Balaban J connectivity index is 1.41. The number of nitrogens with one attached hydrogen (secondary N) is 1. The summed E-state index contributed by atoms with van der Waals surface area (Å²) < 4.78 is 1.97. The van der Waals surface area contributed by atoms with Crippen molar-refractivity contribution in [2.45, 2.75) is 38.8 Å². The highest BCUT2D eigenvalue weighted by atomic mass is 15.3. The van der Waals surface area contributed by atoms with Crippen LogP contribution in [0, 0.1) is 0 Å². The molecule has 0 bridgehead atoms. The first-order valence-corrected chi connectivity index (χ1v) is 8.43. The lowest BCUT2D eigenvalue weighted by atomic mass is 9.95. The summed E-state index contributed by atoms with van der Waals surface area (Å²) in [6, 6.07) is 0. The van der Waals surface area contributed by atoms with Crippen LogP contribution in [-0.4, -0.2) is 47.7 Å². The van der Waals surface area contributed by atoms with E-state index in [9.17, 15) is 0 Å². The van der Waals surface area contributed by atoms with E-state index in [4.69, 9.17) is 5.73 Å². The number of hydrogen-bond donors (Lipinski definition) is 2. The van der Waals surface area contributed by atoms with E-state index in [1.807, 2.05) is 10.9 Å². The Bertz CT molecular complexity index is 828. The van der Waals surface area contributed by atoms with Crippen molar-refractivity contribution in [2.75, 3.05) is 18.8 Å². The standard InChI is InChI=1S/C16H22N8/c1-2-24-9-11(7-20-24)8-23-5-3-12(4-6-23)15-21-14(17)13-16(22-15)19-10-18-13/h7,9-10,12H,2-6,8H2,1H3,(H3,17,18,19,21,22). The van der Waals surface area contributed by atoms with Crippen molar-refractivity contribution in [1.29, 1.82) is 0 Å². The van der Waals surface area contributed by atoms with Gasteiger partial charge in [-0.25, -0.2) is 15.0 Å². The normalized spacial score (nSPS) is 16.9. The van der Waals surface area contributed by atoms with Gasteiger partial charge in [-0.15, -0.1) is 0 Å². The predicted octanol–water partition coefficient (Wildman–Crippen LogP) is 1.53. The predicted molar refractivity (Wildman–Crippen MR) is 91.2 cm³/mol. The third-order valence-electron chi connectivity index (χ3n) is 4.70. The molecule has 126 valence electrons. The number of imidazole rings is 1. The molecule has 4 rings (SSSR count). The molecule has 8 heteroatoms. The van der Waals surface area contributed by atoms with E-state index in [0.717, 1.165) is 50.4 Å². The number of aryl methyl sites for hydroxylation is 1. The Hall–Kier alpha value is -2.48. The topological polar surface area (TPSA) is 102 Å². The lowest BCUT2D eigenvalue weighted by Gasteiger charge is -2.30. The minimum atomic E-state index is 0.350. The monoisotopic (exact) mass is 326 g/mol. The molecule has 0 spiro atoms. The number of fused-ring (bicyclic) bond motifs is 1. The number of likely N-dealkylation sites (tertiary alicyclic amines) is 1. The van der Waals surface area contributed by atoms with Gasteiger partial charge in [-0.2, -0.15) is 5.10 Å². The summed E-state index contributed by atoms with van der Waals surface area (Å²) in [7, 11) is 0. The lowest BCUT2D eigenvalue weighted by Crippen LogP contribution is -2.33. The van der Waals surface area contributed by atoms with Crippen molar-refractivity contribution in [3.05, 3.63) is 30.1 Å². The van der Waals surface area contributed by atoms with Crippen LogP contribution >= 0.6 is 0 Å². The molecule has 1 saturated heterocycles. The highest BCUT2D eigenvalue weighted by molar-refractivity contribution is 5.80. The number of hydrogen-bond acceptors (Lipinski definition) is 6. The van der Waals surface area contributed by atoms with Crippen LogP contribution in [0.2, 0.25) is 0 Å². The largest absolute Gasteiger partial charge is 0.382 e. The number of anilines is 1. The average molecular weight is 326 g/mol. The first-order valence-electron chi connectivity index (χ1n) is 8.43. The number of aromatic amines is 1. The molecule has 0 radical (unpaired) electrons. The summed E-state index contributed by atoms with van der Waals surface area (Å²) in [4.78, 5) is 18.7. The fraction of sp³-hybridized carbons (Fsp3) is 0.500. The van der Waals surface area contributed by atoms with Gasteiger partial charge in [-0.1, -0.05) is 0 Å². The minimum Gasteiger partial charge on any atom is -0.382 e. The van der Waals surface area contributed by atoms with Crippen LogP contribution in [0.3, 0.4) is 0 Å². The number of piperidine rings is 1. The molecular formula is C16H22N8. The van der Waals surface area contributed by atoms with E-state index in [1.54, 1.807) is 6.33 Å². The van der Waals surface area contributed by atoms with Gasteiger partial charge >= 0.3 is 0 Å². The van der Waals surface area contributed by atoms with Crippen LogP contribution in [0.25, 0.3) is 11.2 Å². The maximum absolute atomic E-state index is 6.01. The lowest BCUT2D eigenvalue weighted by molar-refractivity contribution is 0.202. The number of aromatic nitrogens is 6. The highest BCUT2D eigenvalue weighted by Crippen LogP contribution is 2.28. The smallest absolute Gasteiger partial charge is 0.183 e. The summed E-state index contributed by atoms with van der Waals surface area (Å²) in [5.74, 6) is 1.66. The molecule has 0 aliphatic carbocycles. The molecule has 3 aromatic heterocycles. The molecule has 0 unspecified atom stereocenters. The molecule has 0 amide bonds. The van der Waals surface area contributed by atoms with Crippen LogP contribution in [0.4, 0.5) is 5.82 Å². The molecule has 24 heavy (non-hydrogen) atoms. The van der Waals surface area contributed by atoms with Crippen molar-refractivity contribution in [2.24, 2.45) is 0 Å². The fourth-order valence-corrected chi connectivity index (χ4v) is 3.32. The molecule has 0 saturated carbocycles. The Kier molecular flexibility index (Phi) is 3.89. The van der Waals surface area contributed by atoms with Crippen LogP contribution in [-0.2, 0) is 13.1 Å². The highest BCUT2D eigenvalue weighted by Gasteiger charge is 2.24. The summed E-state index contributed by atoms with van der Waals surface area (Å²) in [6.07, 6.45) is 7.78. The van der Waals surface area contributed by atoms with Gasteiger partial charge in [-0.05, 0) is 32.9 Å².